The molecule has 1 aromatic carbocycles. The van der Waals surface area contributed by atoms with E-state index in [1.54, 1.807) is 12.1 Å². The lowest BCUT2D eigenvalue weighted by atomic mass is 10.2. The second-order valence-electron chi connectivity index (χ2n) is 3.99. The average Bonchev–Trinajstić information content (AvgIpc) is 2.86. The van der Waals surface area contributed by atoms with E-state index >= 15 is 0 Å². The minimum Gasteiger partial charge on any atom is -0.468 e. The molecule has 0 fully saturated rings. The predicted molar refractivity (Wildman–Crippen MR) is 83.9 cm³/mol. The zero-order valence-electron chi connectivity index (χ0n) is 10.5. The molecule has 20 heavy (non-hydrogen) atoms. The van der Waals surface area contributed by atoms with Crippen molar-refractivity contribution in [2.45, 2.75) is 3.92 Å². The summed E-state index contributed by atoms with van der Waals surface area (Å²) < 4.78 is 17.9. The minimum absolute atomic E-state index is 0.189. The molecule has 0 saturated heterocycles. The van der Waals surface area contributed by atoms with Gasteiger partial charge in [-0.15, -0.1) is 11.3 Å². The van der Waals surface area contributed by atoms with Crippen LogP contribution in [-0.4, -0.2) is 29.5 Å². The van der Waals surface area contributed by atoms with Crippen LogP contribution in [0.3, 0.4) is 0 Å². The number of hydrogen-bond acceptors (Lipinski definition) is 4. The molecular weight excluding hydrogens is 396 g/mol. The van der Waals surface area contributed by atoms with E-state index in [9.17, 15) is 14.0 Å². The molecule has 1 heterocycles. The lowest BCUT2D eigenvalue weighted by molar-refractivity contribution is -0.139. The van der Waals surface area contributed by atoms with Crippen LogP contribution in [0.1, 0.15) is 9.67 Å². The molecule has 7 heteroatoms. The maximum absolute atomic E-state index is 13.1. The van der Waals surface area contributed by atoms with Crippen molar-refractivity contribution in [3.8, 4) is 0 Å². The van der Waals surface area contributed by atoms with Gasteiger partial charge in [0.05, 0.1) is 12.0 Å². The smallest absolute Gasteiger partial charge is 0.320 e. The van der Waals surface area contributed by atoms with Gasteiger partial charge in [-0.1, -0.05) is 28.7 Å². The third kappa shape index (κ3) is 3.45. The van der Waals surface area contributed by atoms with Gasteiger partial charge in [-0.25, -0.2) is 4.39 Å². The summed E-state index contributed by atoms with van der Waals surface area (Å²) in [5.74, 6) is -0.995. The van der Waals surface area contributed by atoms with Gasteiger partial charge in [-0.05, 0) is 23.6 Å². The number of fused-ring (bicyclic) bond motifs is 1. The Morgan fingerprint density at radius 3 is 2.90 bits per heavy atom. The Morgan fingerprint density at radius 1 is 1.45 bits per heavy atom. The fourth-order valence-corrected chi connectivity index (χ4v) is 3.08. The Morgan fingerprint density at radius 2 is 2.20 bits per heavy atom. The summed E-state index contributed by atoms with van der Waals surface area (Å²) in [7, 11) is 1.30. The highest BCUT2D eigenvalue weighted by molar-refractivity contribution is 14.1. The molecule has 0 radical (unpaired) electrons. The highest BCUT2D eigenvalue weighted by Crippen LogP contribution is 2.26. The Kier molecular flexibility index (Phi) is 4.92. The number of carbonyl (C=O) groups excluding carboxylic acids is 2. The number of halogens is 2. The standard InChI is InChI=1S/C13H11FINO3S/c1-19-13(18)9(15)6-16-12(17)11-4-7-2-3-8(14)5-10(7)20-11/h2-5,9H,6H2,1H3,(H,16,17). The van der Waals surface area contributed by atoms with E-state index < -0.39 is 3.92 Å². The van der Waals surface area contributed by atoms with Crippen LogP contribution in [0.5, 0.6) is 0 Å². The van der Waals surface area contributed by atoms with Gasteiger partial charge in [-0.2, -0.15) is 0 Å². The van der Waals surface area contributed by atoms with Gasteiger partial charge in [-0.3, -0.25) is 9.59 Å². The number of ether oxygens (including phenoxy) is 1. The average molecular weight is 407 g/mol. The number of rotatable bonds is 4. The number of hydrogen-bond donors (Lipinski definition) is 1. The van der Waals surface area contributed by atoms with Crippen molar-refractivity contribution in [2.75, 3.05) is 13.7 Å². The van der Waals surface area contributed by atoms with Gasteiger partial charge < -0.3 is 10.1 Å². The lowest BCUT2D eigenvalue weighted by Crippen LogP contribution is -2.33. The maximum atomic E-state index is 13.1. The van der Waals surface area contributed by atoms with Crippen LogP contribution in [0, 0.1) is 5.82 Å². The monoisotopic (exact) mass is 407 g/mol. The molecule has 2 rings (SSSR count). The SMILES string of the molecule is COC(=O)C(I)CNC(=O)c1cc2ccc(F)cc2s1. The predicted octanol–water partition coefficient (Wildman–Crippen LogP) is 2.75. The van der Waals surface area contributed by atoms with Crippen LogP contribution in [0.4, 0.5) is 4.39 Å². The Bertz CT molecular complexity index is 658. The fourth-order valence-electron chi connectivity index (χ4n) is 1.60. The summed E-state index contributed by atoms with van der Waals surface area (Å²) in [6.07, 6.45) is 0. The van der Waals surface area contributed by atoms with Crippen LogP contribution in [0.2, 0.25) is 0 Å². The molecule has 1 aromatic heterocycles. The summed E-state index contributed by atoms with van der Waals surface area (Å²) in [6.45, 7) is 0.189. The van der Waals surface area contributed by atoms with E-state index in [4.69, 9.17) is 0 Å². The first kappa shape index (κ1) is 15.2. The van der Waals surface area contributed by atoms with Crippen molar-refractivity contribution in [3.63, 3.8) is 0 Å². The number of thiophene rings is 1. The van der Waals surface area contributed by atoms with Crippen molar-refractivity contribution in [1.29, 1.82) is 0 Å². The Hall–Kier alpha value is -1.22. The highest BCUT2D eigenvalue weighted by atomic mass is 127. The van der Waals surface area contributed by atoms with E-state index in [-0.39, 0.29) is 24.2 Å². The summed E-state index contributed by atoms with van der Waals surface area (Å²) >= 11 is 3.12. The molecule has 0 aliphatic carbocycles. The van der Waals surface area contributed by atoms with Gasteiger partial charge in [0, 0.05) is 11.2 Å². The molecule has 0 saturated carbocycles. The largest absolute Gasteiger partial charge is 0.468 e. The van der Waals surface area contributed by atoms with Gasteiger partial charge in [0.1, 0.15) is 9.74 Å². The maximum Gasteiger partial charge on any atom is 0.320 e. The van der Waals surface area contributed by atoms with Crippen molar-refractivity contribution < 1.29 is 18.7 Å². The lowest BCUT2D eigenvalue weighted by Gasteiger charge is -2.08. The molecule has 106 valence electrons. The van der Waals surface area contributed by atoms with Gasteiger partial charge >= 0.3 is 5.97 Å². The number of nitrogens with one attached hydrogen (secondary N) is 1. The van der Waals surface area contributed by atoms with E-state index in [0.29, 0.717) is 9.58 Å². The third-order valence-electron chi connectivity index (χ3n) is 2.60. The number of methoxy groups -OCH3 is 1. The molecule has 4 nitrogen and oxygen atoms in total. The minimum atomic E-state index is -0.437. The first-order valence-electron chi connectivity index (χ1n) is 5.70. The number of amides is 1. The Balaban J connectivity index is 2.06. The molecule has 1 amide bonds. The number of alkyl halides is 1. The molecule has 1 N–H and O–H groups in total. The first-order chi connectivity index (χ1) is 9.51. The second-order valence-corrected chi connectivity index (χ2v) is 6.58. The zero-order chi connectivity index (χ0) is 14.7. The van der Waals surface area contributed by atoms with E-state index in [1.807, 2.05) is 22.6 Å². The quantitative estimate of drug-likeness (QED) is 0.482. The molecular formula is C13H11FINO3S. The van der Waals surface area contributed by atoms with Crippen LogP contribution in [0.15, 0.2) is 24.3 Å². The third-order valence-corrected chi connectivity index (χ3v) is 4.65. The second kappa shape index (κ2) is 6.49. The zero-order valence-corrected chi connectivity index (χ0v) is 13.5. The van der Waals surface area contributed by atoms with Crippen molar-refractivity contribution in [1.82, 2.24) is 5.32 Å². The summed E-state index contributed by atoms with van der Waals surface area (Å²) in [6, 6.07) is 6.09. The molecule has 0 aliphatic rings. The molecule has 2 aromatic rings. The van der Waals surface area contributed by atoms with Crippen LogP contribution in [-0.2, 0) is 9.53 Å². The van der Waals surface area contributed by atoms with Crippen molar-refractivity contribution in [3.05, 3.63) is 35.0 Å². The summed E-state index contributed by atoms with van der Waals surface area (Å²) in [5, 5.41) is 3.48. The highest BCUT2D eigenvalue weighted by Gasteiger charge is 2.17. The summed E-state index contributed by atoms with van der Waals surface area (Å²) in [4.78, 5) is 23.7. The van der Waals surface area contributed by atoms with E-state index in [1.165, 1.54) is 30.6 Å². The first-order valence-corrected chi connectivity index (χ1v) is 7.76. The number of esters is 1. The van der Waals surface area contributed by atoms with Crippen LogP contribution < -0.4 is 5.32 Å². The van der Waals surface area contributed by atoms with Crippen molar-refractivity contribution >= 4 is 55.9 Å². The van der Waals surface area contributed by atoms with E-state index in [2.05, 4.69) is 10.1 Å². The molecule has 0 aliphatic heterocycles. The molecule has 1 unspecified atom stereocenters. The van der Waals surface area contributed by atoms with Crippen molar-refractivity contribution in [2.24, 2.45) is 0 Å². The molecule has 0 bridgehead atoms. The molecule has 0 spiro atoms. The fraction of sp³-hybridized carbons (Fsp3) is 0.231. The summed E-state index contributed by atoms with van der Waals surface area (Å²) in [5.41, 5.74) is 0. The van der Waals surface area contributed by atoms with Crippen LogP contribution >= 0.6 is 33.9 Å². The Labute approximate surface area is 132 Å². The normalized spacial score (nSPS) is 12.2. The van der Waals surface area contributed by atoms with Gasteiger partial charge in [0.2, 0.25) is 0 Å². The molecule has 1 atom stereocenters. The van der Waals surface area contributed by atoms with Crippen LogP contribution in [0.25, 0.3) is 10.1 Å². The van der Waals surface area contributed by atoms with Gasteiger partial charge in [0.15, 0.2) is 0 Å². The number of benzene rings is 1. The topological polar surface area (TPSA) is 55.4 Å². The van der Waals surface area contributed by atoms with Gasteiger partial charge in [0.25, 0.3) is 5.91 Å². The number of carbonyl (C=O) groups is 2. The van der Waals surface area contributed by atoms with E-state index in [0.717, 1.165) is 5.39 Å².